The van der Waals surface area contributed by atoms with Crippen LogP contribution in [-0.2, 0) is 4.79 Å². The van der Waals surface area contributed by atoms with Crippen molar-refractivity contribution < 1.29 is 4.79 Å². The number of hydrogen-bond donors (Lipinski definition) is 3. The SMILES string of the molecule is CCCNC(=NC)NCC(=O)NC(C)(C)C. The van der Waals surface area contributed by atoms with E-state index in [2.05, 4.69) is 27.9 Å². The zero-order valence-corrected chi connectivity index (χ0v) is 11.0. The fourth-order valence-electron chi connectivity index (χ4n) is 1.09. The second kappa shape index (κ2) is 7.09. The van der Waals surface area contributed by atoms with Crippen LogP contribution >= 0.6 is 0 Å². The van der Waals surface area contributed by atoms with Gasteiger partial charge in [0.1, 0.15) is 0 Å². The Balaban J connectivity index is 3.90. The van der Waals surface area contributed by atoms with Crippen LogP contribution in [0.4, 0.5) is 0 Å². The van der Waals surface area contributed by atoms with Gasteiger partial charge < -0.3 is 16.0 Å². The van der Waals surface area contributed by atoms with Gasteiger partial charge in [-0.1, -0.05) is 6.92 Å². The lowest BCUT2D eigenvalue weighted by Crippen LogP contribution is -2.48. The first kappa shape index (κ1) is 14.7. The minimum atomic E-state index is -0.195. The quantitative estimate of drug-likeness (QED) is 0.484. The summed E-state index contributed by atoms with van der Waals surface area (Å²) in [4.78, 5) is 15.5. The molecule has 16 heavy (non-hydrogen) atoms. The minimum Gasteiger partial charge on any atom is -0.356 e. The van der Waals surface area contributed by atoms with Crippen LogP contribution in [0.25, 0.3) is 0 Å². The molecule has 5 nitrogen and oxygen atoms in total. The van der Waals surface area contributed by atoms with Crippen LogP contribution in [0.5, 0.6) is 0 Å². The van der Waals surface area contributed by atoms with Crippen molar-refractivity contribution in [3.63, 3.8) is 0 Å². The Morgan fingerprint density at radius 3 is 2.31 bits per heavy atom. The molecule has 3 N–H and O–H groups in total. The van der Waals surface area contributed by atoms with Gasteiger partial charge in [-0.3, -0.25) is 9.79 Å². The van der Waals surface area contributed by atoms with E-state index in [1.165, 1.54) is 0 Å². The standard InChI is InChI=1S/C11H24N4O/c1-6-7-13-10(12-5)14-8-9(16)15-11(2,3)4/h6-8H2,1-5H3,(H,15,16)(H2,12,13,14). The Labute approximate surface area is 98.1 Å². The largest absolute Gasteiger partial charge is 0.356 e. The third-order valence-corrected chi connectivity index (χ3v) is 1.70. The average Bonchev–Trinajstić information content (AvgIpc) is 2.15. The fourth-order valence-corrected chi connectivity index (χ4v) is 1.09. The van der Waals surface area contributed by atoms with Gasteiger partial charge in [0.15, 0.2) is 5.96 Å². The van der Waals surface area contributed by atoms with E-state index in [0.29, 0.717) is 5.96 Å². The van der Waals surface area contributed by atoms with Crippen molar-refractivity contribution in [3.05, 3.63) is 0 Å². The molecule has 0 heterocycles. The van der Waals surface area contributed by atoms with Crippen molar-refractivity contribution in [1.29, 1.82) is 0 Å². The van der Waals surface area contributed by atoms with Gasteiger partial charge in [0.2, 0.25) is 5.91 Å². The first-order valence-corrected chi connectivity index (χ1v) is 5.64. The topological polar surface area (TPSA) is 65.5 Å². The number of rotatable bonds is 4. The van der Waals surface area contributed by atoms with Gasteiger partial charge in [-0.25, -0.2) is 0 Å². The molecule has 0 aromatic rings. The fraction of sp³-hybridized carbons (Fsp3) is 0.818. The molecule has 0 aromatic heterocycles. The van der Waals surface area contributed by atoms with E-state index in [9.17, 15) is 4.79 Å². The smallest absolute Gasteiger partial charge is 0.239 e. The summed E-state index contributed by atoms with van der Waals surface area (Å²) < 4.78 is 0. The summed E-state index contributed by atoms with van der Waals surface area (Å²) in [5.74, 6) is 0.623. The summed E-state index contributed by atoms with van der Waals surface area (Å²) >= 11 is 0. The molecule has 0 fully saturated rings. The van der Waals surface area contributed by atoms with Crippen LogP contribution in [0.3, 0.4) is 0 Å². The van der Waals surface area contributed by atoms with Gasteiger partial charge in [-0.05, 0) is 27.2 Å². The third-order valence-electron chi connectivity index (χ3n) is 1.70. The minimum absolute atomic E-state index is 0.0352. The molecule has 0 unspecified atom stereocenters. The van der Waals surface area contributed by atoms with Crippen molar-refractivity contribution in [2.75, 3.05) is 20.1 Å². The molecule has 5 heteroatoms. The number of aliphatic imine (C=N–C) groups is 1. The molecule has 94 valence electrons. The molecule has 0 bridgehead atoms. The van der Waals surface area contributed by atoms with E-state index in [-0.39, 0.29) is 18.0 Å². The van der Waals surface area contributed by atoms with Gasteiger partial charge in [-0.2, -0.15) is 0 Å². The van der Waals surface area contributed by atoms with E-state index < -0.39 is 0 Å². The molecule has 0 aliphatic heterocycles. The Hall–Kier alpha value is -1.26. The molecular formula is C11H24N4O. The van der Waals surface area contributed by atoms with Gasteiger partial charge >= 0.3 is 0 Å². The molecule has 0 spiro atoms. The highest BCUT2D eigenvalue weighted by atomic mass is 16.2. The summed E-state index contributed by atoms with van der Waals surface area (Å²) in [6, 6.07) is 0. The highest BCUT2D eigenvalue weighted by Gasteiger charge is 2.13. The molecular weight excluding hydrogens is 204 g/mol. The first-order chi connectivity index (χ1) is 7.39. The average molecular weight is 228 g/mol. The van der Waals surface area contributed by atoms with Crippen LogP contribution < -0.4 is 16.0 Å². The Bertz CT molecular complexity index is 243. The number of carbonyl (C=O) groups is 1. The molecule has 0 aromatic carbocycles. The highest BCUT2D eigenvalue weighted by molar-refractivity contribution is 5.86. The van der Waals surface area contributed by atoms with Crippen LogP contribution in [0, 0.1) is 0 Å². The van der Waals surface area contributed by atoms with E-state index >= 15 is 0 Å². The van der Waals surface area contributed by atoms with E-state index in [4.69, 9.17) is 0 Å². The molecule has 0 radical (unpaired) electrons. The monoisotopic (exact) mass is 228 g/mol. The zero-order chi connectivity index (χ0) is 12.6. The lowest BCUT2D eigenvalue weighted by molar-refractivity contribution is -0.121. The van der Waals surface area contributed by atoms with E-state index in [1.807, 2.05) is 20.8 Å². The van der Waals surface area contributed by atoms with Crippen molar-refractivity contribution in [2.45, 2.75) is 39.7 Å². The maximum atomic E-state index is 11.5. The number of amides is 1. The molecule has 0 saturated heterocycles. The Kier molecular flexibility index (Phi) is 6.53. The lowest BCUT2D eigenvalue weighted by atomic mass is 10.1. The third kappa shape index (κ3) is 8.08. The van der Waals surface area contributed by atoms with Crippen LogP contribution in [0.1, 0.15) is 34.1 Å². The van der Waals surface area contributed by atoms with Crippen LogP contribution in [0.15, 0.2) is 4.99 Å². The summed E-state index contributed by atoms with van der Waals surface area (Å²) in [5, 5.41) is 8.92. The molecule has 0 saturated carbocycles. The van der Waals surface area contributed by atoms with Crippen molar-refractivity contribution in [1.82, 2.24) is 16.0 Å². The Morgan fingerprint density at radius 1 is 1.25 bits per heavy atom. The lowest BCUT2D eigenvalue weighted by Gasteiger charge is -2.21. The van der Waals surface area contributed by atoms with Crippen molar-refractivity contribution >= 4 is 11.9 Å². The van der Waals surface area contributed by atoms with Gasteiger partial charge in [0, 0.05) is 19.1 Å². The summed E-state index contributed by atoms with van der Waals surface area (Å²) in [6.45, 7) is 9.02. The maximum absolute atomic E-state index is 11.5. The normalized spacial score (nSPS) is 12.2. The van der Waals surface area contributed by atoms with Gasteiger partial charge in [0.05, 0.1) is 6.54 Å². The maximum Gasteiger partial charge on any atom is 0.239 e. The predicted molar refractivity (Wildman–Crippen MR) is 67.6 cm³/mol. The molecule has 0 aliphatic carbocycles. The zero-order valence-electron chi connectivity index (χ0n) is 11.0. The van der Waals surface area contributed by atoms with E-state index in [1.54, 1.807) is 7.05 Å². The number of nitrogens with one attached hydrogen (secondary N) is 3. The second-order valence-corrected chi connectivity index (χ2v) is 4.65. The summed E-state index contributed by atoms with van der Waals surface area (Å²) in [6.07, 6.45) is 1.02. The molecule has 0 atom stereocenters. The predicted octanol–water partition coefficient (Wildman–Crippen LogP) is 0.476. The Morgan fingerprint density at radius 2 is 1.88 bits per heavy atom. The van der Waals surface area contributed by atoms with E-state index in [0.717, 1.165) is 13.0 Å². The number of carbonyl (C=O) groups excluding carboxylic acids is 1. The highest BCUT2D eigenvalue weighted by Crippen LogP contribution is 1.96. The molecule has 0 rings (SSSR count). The van der Waals surface area contributed by atoms with Gasteiger partial charge in [0.25, 0.3) is 0 Å². The second-order valence-electron chi connectivity index (χ2n) is 4.65. The van der Waals surface area contributed by atoms with Crippen molar-refractivity contribution in [2.24, 2.45) is 4.99 Å². The van der Waals surface area contributed by atoms with Gasteiger partial charge in [-0.15, -0.1) is 0 Å². The van der Waals surface area contributed by atoms with Crippen molar-refractivity contribution in [3.8, 4) is 0 Å². The van der Waals surface area contributed by atoms with Crippen LogP contribution in [0.2, 0.25) is 0 Å². The molecule has 0 aliphatic rings. The number of nitrogens with zero attached hydrogens (tertiary/aromatic N) is 1. The first-order valence-electron chi connectivity index (χ1n) is 5.64. The summed E-state index contributed by atoms with van der Waals surface area (Å²) in [5.41, 5.74) is -0.195. The summed E-state index contributed by atoms with van der Waals surface area (Å²) in [7, 11) is 1.69. The molecule has 1 amide bonds. The number of guanidine groups is 1. The van der Waals surface area contributed by atoms with Crippen LogP contribution in [-0.4, -0.2) is 37.5 Å². The number of hydrogen-bond acceptors (Lipinski definition) is 2.